The Morgan fingerprint density at radius 3 is 2.79 bits per heavy atom. The molecule has 0 saturated heterocycles. The maximum atomic E-state index is 12.1. The summed E-state index contributed by atoms with van der Waals surface area (Å²) in [6.45, 7) is 1.82. The highest BCUT2D eigenvalue weighted by molar-refractivity contribution is 6.33. The molecule has 0 spiro atoms. The maximum absolute atomic E-state index is 12.1. The first-order valence-corrected chi connectivity index (χ1v) is 7.87. The predicted molar refractivity (Wildman–Crippen MR) is 93.1 cm³/mol. The van der Waals surface area contributed by atoms with Crippen molar-refractivity contribution in [1.82, 2.24) is 20.2 Å². The average Bonchev–Trinajstić information content (AvgIpc) is 2.99. The number of hydrogen-bond donors (Lipinski definition) is 1. The SMILES string of the molecule is Cc1ccc(Cl)cc1NC(=O)Cn1nnc(-c2ccccc2Cl)n1. The fourth-order valence-electron chi connectivity index (χ4n) is 2.11. The van der Waals surface area contributed by atoms with Gasteiger partial charge in [0.05, 0.1) is 5.02 Å². The molecule has 6 nitrogen and oxygen atoms in total. The molecule has 0 bridgehead atoms. The summed E-state index contributed by atoms with van der Waals surface area (Å²) in [7, 11) is 0. The second kappa shape index (κ2) is 6.98. The molecule has 8 heteroatoms. The van der Waals surface area contributed by atoms with Crippen molar-refractivity contribution < 1.29 is 4.79 Å². The molecule has 1 heterocycles. The molecular formula is C16H13Cl2N5O. The van der Waals surface area contributed by atoms with Crippen molar-refractivity contribution in [2.45, 2.75) is 13.5 Å². The molecule has 0 aliphatic rings. The number of amides is 1. The van der Waals surface area contributed by atoms with Crippen molar-refractivity contribution in [2.24, 2.45) is 0 Å². The normalized spacial score (nSPS) is 10.6. The van der Waals surface area contributed by atoms with Gasteiger partial charge in [-0.3, -0.25) is 4.79 Å². The van der Waals surface area contributed by atoms with Crippen LogP contribution in [0.2, 0.25) is 10.0 Å². The topological polar surface area (TPSA) is 72.7 Å². The number of carbonyl (C=O) groups is 1. The van der Waals surface area contributed by atoms with Gasteiger partial charge in [0, 0.05) is 16.3 Å². The van der Waals surface area contributed by atoms with E-state index in [2.05, 4.69) is 20.7 Å². The number of nitrogens with zero attached hydrogens (tertiary/aromatic N) is 4. The van der Waals surface area contributed by atoms with Crippen molar-refractivity contribution in [1.29, 1.82) is 0 Å². The molecule has 0 radical (unpaired) electrons. The van der Waals surface area contributed by atoms with Crippen LogP contribution in [0.3, 0.4) is 0 Å². The molecule has 122 valence electrons. The van der Waals surface area contributed by atoms with E-state index in [4.69, 9.17) is 23.2 Å². The summed E-state index contributed by atoms with van der Waals surface area (Å²) in [5.74, 6) is 0.0933. The van der Waals surface area contributed by atoms with Gasteiger partial charge in [-0.15, -0.1) is 10.2 Å². The summed E-state index contributed by atoms with van der Waals surface area (Å²) in [6.07, 6.45) is 0. The molecule has 0 atom stereocenters. The number of rotatable bonds is 4. The molecular weight excluding hydrogens is 349 g/mol. The van der Waals surface area contributed by atoms with Crippen LogP contribution in [0.1, 0.15) is 5.56 Å². The van der Waals surface area contributed by atoms with Crippen LogP contribution >= 0.6 is 23.2 Å². The Balaban J connectivity index is 1.72. The van der Waals surface area contributed by atoms with Crippen LogP contribution in [-0.2, 0) is 11.3 Å². The quantitative estimate of drug-likeness (QED) is 0.770. The maximum Gasteiger partial charge on any atom is 0.248 e. The van der Waals surface area contributed by atoms with Gasteiger partial charge in [0.25, 0.3) is 0 Å². The lowest BCUT2D eigenvalue weighted by atomic mass is 10.2. The predicted octanol–water partition coefficient (Wildman–Crippen LogP) is 3.59. The van der Waals surface area contributed by atoms with E-state index in [1.807, 2.05) is 25.1 Å². The number of benzene rings is 2. The van der Waals surface area contributed by atoms with Crippen LogP contribution in [-0.4, -0.2) is 26.1 Å². The van der Waals surface area contributed by atoms with Crippen molar-refractivity contribution >= 4 is 34.8 Å². The number of aryl methyl sites for hydroxylation is 1. The van der Waals surface area contributed by atoms with Crippen molar-refractivity contribution in [3.8, 4) is 11.4 Å². The van der Waals surface area contributed by atoms with E-state index < -0.39 is 0 Å². The Hall–Kier alpha value is -2.44. The lowest BCUT2D eigenvalue weighted by Gasteiger charge is -2.08. The third-order valence-electron chi connectivity index (χ3n) is 3.33. The van der Waals surface area contributed by atoms with Crippen molar-refractivity contribution in [3.63, 3.8) is 0 Å². The highest BCUT2D eigenvalue weighted by Gasteiger charge is 2.12. The molecule has 0 fully saturated rings. The van der Waals surface area contributed by atoms with E-state index in [1.165, 1.54) is 4.80 Å². The number of tetrazole rings is 1. The van der Waals surface area contributed by atoms with E-state index >= 15 is 0 Å². The lowest BCUT2D eigenvalue weighted by Crippen LogP contribution is -2.21. The Morgan fingerprint density at radius 2 is 2.00 bits per heavy atom. The standard InChI is InChI=1S/C16H13Cl2N5O/c1-10-6-7-11(17)8-14(10)19-15(24)9-23-21-16(20-22-23)12-4-2-3-5-13(12)18/h2-8H,9H2,1H3,(H,19,24). The molecule has 0 unspecified atom stereocenters. The van der Waals surface area contributed by atoms with E-state index in [0.717, 1.165) is 5.56 Å². The monoisotopic (exact) mass is 361 g/mol. The van der Waals surface area contributed by atoms with Crippen LogP contribution < -0.4 is 5.32 Å². The first-order chi connectivity index (χ1) is 11.5. The highest BCUT2D eigenvalue weighted by atomic mass is 35.5. The zero-order chi connectivity index (χ0) is 17.1. The Labute approximate surface area is 148 Å². The molecule has 0 aliphatic heterocycles. The van der Waals surface area contributed by atoms with E-state index in [0.29, 0.717) is 27.1 Å². The Kier molecular flexibility index (Phi) is 4.78. The van der Waals surface area contributed by atoms with Crippen LogP contribution in [0.5, 0.6) is 0 Å². The van der Waals surface area contributed by atoms with Gasteiger partial charge >= 0.3 is 0 Å². The van der Waals surface area contributed by atoms with E-state index in [1.54, 1.807) is 24.3 Å². The van der Waals surface area contributed by atoms with Crippen LogP contribution in [0.25, 0.3) is 11.4 Å². The molecule has 24 heavy (non-hydrogen) atoms. The van der Waals surface area contributed by atoms with Gasteiger partial charge in [0.2, 0.25) is 11.7 Å². The number of hydrogen-bond acceptors (Lipinski definition) is 4. The minimum Gasteiger partial charge on any atom is -0.324 e. The summed E-state index contributed by atoms with van der Waals surface area (Å²) >= 11 is 12.0. The Bertz CT molecular complexity index is 894. The van der Waals surface area contributed by atoms with E-state index in [-0.39, 0.29) is 12.5 Å². The molecule has 0 saturated carbocycles. The van der Waals surface area contributed by atoms with E-state index in [9.17, 15) is 4.79 Å². The zero-order valence-electron chi connectivity index (χ0n) is 12.7. The van der Waals surface area contributed by atoms with Gasteiger partial charge in [0.15, 0.2) is 0 Å². The molecule has 0 aliphatic carbocycles. The number of nitrogens with one attached hydrogen (secondary N) is 1. The van der Waals surface area contributed by atoms with Gasteiger partial charge in [0.1, 0.15) is 6.54 Å². The van der Waals surface area contributed by atoms with Gasteiger partial charge in [-0.2, -0.15) is 4.80 Å². The molecule has 1 N–H and O–H groups in total. The number of anilines is 1. The van der Waals surface area contributed by atoms with Gasteiger partial charge in [-0.05, 0) is 42.0 Å². The summed E-state index contributed by atoms with van der Waals surface area (Å²) in [5.41, 5.74) is 2.23. The minimum atomic E-state index is -0.275. The zero-order valence-corrected chi connectivity index (χ0v) is 14.2. The molecule has 1 aromatic heterocycles. The van der Waals surface area contributed by atoms with Crippen LogP contribution in [0.15, 0.2) is 42.5 Å². The molecule has 3 aromatic rings. The molecule has 2 aromatic carbocycles. The minimum absolute atomic E-state index is 0.0661. The average molecular weight is 362 g/mol. The van der Waals surface area contributed by atoms with Crippen molar-refractivity contribution in [3.05, 3.63) is 58.1 Å². The van der Waals surface area contributed by atoms with Gasteiger partial charge in [-0.25, -0.2) is 0 Å². The number of halogens is 2. The highest BCUT2D eigenvalue weighted by Crippen LogP contribution is 2.23. The number of carbonyl (C=O) groups excluding carboxylic acids is 1. The molecule has 1 amide bonds. The van der Waals surface area contributed by atoms with Crippen LogP contribution in [0.4, 0.5) is 5.69 Å². The lowest BCUT2D eigenvalue weighted by molar-refractivity contribution is -0.117. The van der Waals surface area contributed by atoms with Gasteiger partial charge < -0.3 is 5.32 Å². The van der Waals surface area contributed by atoms with Crippen molar-refractivity contribution in [2.75, 3.05) is 5.32 Å². The summed E-state index contributed by atoms with van der Waals surface area (Å²) < 4.78 is 0. The summed E-state index contributed by atoms with van der Waals surface area (Å²) in [6, 6.07) is 12.5. The van der Waals surface area contributed by atoms with Gasteiger partial charge in [-0.1, -0.05) is 41.4 Å². The fraction of sp³-hybridized carbons (Fsp3) is 0.125. The fourth-order valence-corrected chi connectivity index (χ4v) is 2.50. The second-order valence-corrected chi connectivity index (χ2v) is 5.97. The number of aromatic nitrogens is 4. The first kappa shape index (κ1) is 16.4. The third-order valence-corrected chi connectivity index (χ3v) is 3.89. The summed E-state index contributed by atoms with van der Waals surface area (Å²) in [5, 5.41) is 15.9. The van der Waals surface area contributed by atoms with Crippen LogP contribution in [0, 0.1) is 6.92 Å². The second-order valence-electron chi connectivity index (χ2n) is 5.13. The Morgan fingerprint density at radius 1 is 1.21 bits per heavy atom. The molecule has 3 rings (SSSR count). The largest absolute Gasteiger partial charge is 0.324 e. The summed E-state index contributed by atoms with van der Waals surface area (Å²) in [4.78, 5) is 13.4. The smallest absolute Gasteiger partial charge is 0.248 e. The third kappa shape index (κ3) is 3.72. The first-order valence-electron chi connectivity index (χ1n) is 7.11.